The van der Waals surface area contributed by atoms with Crippen LogP contribution in [0.15, 0.2) is 24.3 Å². The highest BCUT2D eigenvalue weighted by Crippen LogP contribution is 2.45. The summed E-state index contributed by atoms with van der Waals surface area (Å²) >= 11 is 0. The van der Waals surface area contributed by atoms with Gasteiger partial charge in [0, 0.05) is 26.2 Å². The summed E-state index contributed by atoms with van der Waals surface area (Å²) in [5.41, 5.74) is 2.04. The molecule has 2 aromatic carbocycles. The zero-order valence-electron chi connectivity index (χ0n) is 19.1. The zero-order valence-corrected chi connectivity index (χ0v) is 19.1. The standard InChI is InChI=1S/C23H32N2O6/c1-26-17-11-15(12-18(27-2)22(17)30-5)21(25-9-7-24-8-10-25)16-13-19(28-3)23(31-6)20(14-16)29-4/h11-14,21,24H,7-10H2,1-6H3. The number of piperazine rings is 1. The summed E-state index contributed by atoms with van der Waals surface area (Å²) in [5.74, 6) is 3.60. The van der Waals surface area contributed by atoms with Crippen molar-refractivity contribution in [3.63, 3.8) is 0 Å². The van der Waals surface area contributed by atoms with Gasteiger partial charge in [-0.15, -0.1) is 0 Å². The molecule has 0 aliphatic carbocycles. The first-order valence-electron chi connectivity index (χ1n) is 10.2. The van der Waals surface area contributed by atoms with Crippen LogP contribution in [0, 0.1) is 0 Å². The lowest BCUT2D eigenvalue weighted by Gasteiger charge is -2.36. The maximum absolute atomic E-state index is 5.61. The van der Waals surface area contributed by atoms with Crippen LogP contribution in [0.1, 0.15) is 17.2 Å². The fourth-order valence-corrected chi connectivity index (χ4v) is 4.07. The molecule has 0 atom stereocenters. The molecular formula is C23H32N2O6. The van der Waals surface area contributed by atoms with Gasteiger partial charge in [-0.05, 0) is 35.4 Å². The van der Waals surface area contributed by atoms with Gasteiger partial charge in [0.1, 0.15) is 0 Å². The summed E-state index contributed by atoms with van der Waals surface area (Å²) in [4.78, 5) is 2.41. The first-order valence-corrected chi connectivity index (χ1v) is 10.2. The van der Waals surface area contributed by atoms with Gasteiger partial charge in [-0.25, -0.2) is 0 Å². The molecule has 170 valence electrons. The fraction of sp³-hybridized carbons (Fsp3) is 0.478. The van der Waals surface area contributed by atoms with Crippen LogP contribution in [0.25, 0.3) is 0 Å². The van der Waals surface area contributed by atoms with Crippen LogP contribution in [0.2, 0.25) is 0 Å². The number of hydrogen-bond donors (Lipinski definition) is 1. The molecule has 1 saturated heterocycles. The van der Waals surface area contributed by atoms with Gasteiger partial charge in [-0.3, -0.25) is 4.90 Å². The number of ether oxygens (including phenoxy) is 6. The van der Waals surface area contributed by atoms with Crippen molar-refractivity contribution in [3.8, 4) is 34.5 Å². The number of rotatable bonds is 9. The second kappa shape index (κ2) is 10.5. The van der Waals surface area contributed by atoms with E-state index in [9.17, 15) is 0 Å². The van der Waals surface area contributed by atoms with E-state index in [-0.39, 0.29) is 6.04 Å². The maximum Gasteiger partial charge on any atom is 0.203 e. The molecule has 1 heterocycles. The van der Waals surface area contributed by atoms with Gasteiger partial charge in [0.05, 0.1) is 48.7 Å². The van der Waals surface area contributed by atoms with Crippen LogP contribution >= 0.6 is 0 Å². The van der Waals surface area contributed by atoms with E-state index in [1.807, 2.05) is 24.3 Å². The molecule has 0 aromatic heterocycles. The Morgan fingerprint density at radius 2 is 0.968 bits per heavy atom. The second-order valence-electron chi connectivity index (χ2n) is 7.11. The molecule has 8 heteroatoms. The van der Waals surface area contributed by atoms with Gasteiger partial charge in [0.2, 0.25) is 11.5 Å². The SMILES string of the molecule is COc1cc(C(c2cc(OC)c(OC)c(OC)c2)N2CCNCC2)cc(OC)c1OC. The minimum Gasteiger partial charge on any atom is -0.493 e. The van der Waals surface area contributed by atoms with Crippen molar-refractivity contribution >= 4 is 0 Å². The lowest BCUT2D eigenvalue weighted by atomic mass is 9.94. The lowest BCUT2D eigenvalue weighted by Crippen LogP contribution is -2.45. The number of nitrogens with one attached hydrogen (secondary N) is 1. The number of nitrogens with zero attached hydrogens (tertiary/aromatic N) is 1. The highest BCUT2D eigenvalue weighted by Gasteiger charge is 2.29. The Morgan fingerprint density at radius 3 is 1.26 bits per heavy atom. The van der Waals surface area contributed by atoms with Crippen molar-refractivity contribution in [2.24, 2.45) is 0 Å². The van der Waals surface area contributed by atoms with Crippen molar-refractivity contribution in [1.82, 2.24) is 10.2 Å². The topological polar surface area (TPSA) is 70.7 Å². The molecule has 0 amide bonds. The Bertz CT molecular complexity index is 769. The molecule has 1 aliphatic rings. The number of methoxy groups -OCH3 is 6. The van der Waals surface area contributed by atoms with Crippen LogP contribution < -0.4 is 33.7 Å². The number of hydrogen-bond acceptors (Lipinski definition) is 8. The Hall–Kier alpha value is -2.84. The monoisotopic (exact) mass is 432 g/mol. The van der Waals surface area contributed by atoms with E-state index in [1.165, 1.54) is 0 Å². The van der Waals surface area contributed by atoms with E-state index < -0.39 is 0 Å². The molecular weight excluding hydrogens is 400 g/mol. The molecule has 2 aromatic rings. The van der Waals surface area contributed by atoms with Crippen molar-refractivity contribution in [1.29, 1.82) is 0 Å². The summed E-state index contributed by atoms with van der Waals surface area (Å²) < 4.78 is 33.5. The average Bonchev–Trinajstić information content (AvgIpc) is 2.83. The van der Waals surface area contributed by atoms with Gasteiger partial charge in [-0.2, -0.15) is 0 Å². The zero-order chi connectivity index (χ0) is 22.4. The van der Waals surface area contributed by atoms with E-state index in [0.717, 1.165) is 37.3 Å². The van der Waals surface area contributed by atoms with Crippen molar-refractivity contribution in [3.05, 3.63) is 35.4 Å². The lowest BCUT2D eigenvalue weighted by molar-refractivity contribution is 0.196. The van der Waals surface area contributed by atoms with Crippen molar-refractivity contribution in [2.45, 2.75) is 6.04 Å². The minimum atomic E-state index is -0.0792. The average molecular weight is 433 g/mol. The molecule has 0 saturated carbocycles. The molecule has 0 spiro atoms. The normalized spacial score (nSPS) is 14.3. The molecule has 0 radical (unpaired) electrons. The predicted molar refractivity (Wildman–Crippen MR) is 118 cm³/mol. The van der Waals surface area contributed by atoms with Crippen LogP contribution in [-0.2, 0) is 0 Å². The molecule has 8 nitrogen and oxygen atoms in total. The third-order valence-corrected chi connectivity index (χ3v) is 5.52. The van der Waals surface area contributed by atoms with E-state index in [4.69, 9.17) is 28.4 Å². The van der Waals surface area contributed by atoms with Crippen LogP contribution in [0.4, 0.5) is 0 Å². The molecule has 3 rings (SSSR count). The summed E-state index contributed by atoms with van der Waals surface area (Å²) in [7, 11) is 9.71. The Labute approximate surface area is 183 Å². The van der Waals surface area contributed by atoms with E-state index >= 15 is 0 Å². The number of benzene rings is 2. The molecule has 31 heavy (non-hydrogen) atoms. The van der Waals surface area contributed by atoms with Crippen molar-refractivity contribution in [2.75, 3.05) is 68.8 Å². The van der Waals surface area contributed by atoms with Crippen LogP contribution in [0.5, 0.6) is 34.5 Å². The molecule has 0 bridgehead atoms. The summed E-state index contributed by atoms with van der Waals surface area (Å²) in [6, 6.07) is 7.91. The molecule has 1 fully saturated rings. The van der Waals surface area contributed by atoms with E-state index in [2.05, 4.69) is 10.2 Å². The van der Waals surface area contributed by atoms with Gasteiger partial charge >= 0.3 is 0 Å². The third-order valence-electron chi connectivity index (χ3n) is 5.52. The quantitative estimate of drug-likeness (QED) is 0.649. The Kier molecular flexibility index (Phi) is 7.70. The van der Waals surface area contributed by atoms with Crippen molar-refractivity contribution < 1.29 is 28.4 Å². The predicted octanol–water partition coefficient (Wildman–Crippen LogP) is 2.73. The Morgan fingerprint density at radius 1 is 0.613 bits per heavy atom. The van der Waals surface area contributed by atoms with Gasteiger partial charge in [-0.1, -0.05) is 0 Å². The second-order valence-corrected chi connectivity index (χ2v) is 7.11. The highest BCUT2D eigenvalue weighted by molar-refractivity contribution is 5.58. The highest BCUT2D eigenvalue weighted by atomic mass is 16.5. The molecule has 1 aliphatic heterocycles. The van der Waals surface area contributed by atoms with E-state index in [0.29, 0.717) is 34.5 Å². The first kappa shape index (κ1) is 22.8. The van der Waals surface area contributed by atoms with Crippen LogP contribution in [0.3, 0.4) is 0 Å². The Balaban J connectivity index is 2.21. The smallest absolute Gasteiger partial charge is 0.203 e. The largest absolute Gasteiger partial charge is 0.493 e. The molecule has 0 unspecified atom stereocenters. The maximum atomic E-state index is 5.61. The summed E-state index contributed by atoms with van der Waals surface area (Å²) in [6.07, 6.45) is 0. The molecule has 1 N–H and O–H groups in total. The summed E-state index contributed by atoms with van der Waals surface area (Å²) in [6.45, 7) is 3.59. The van der Waals surface area contributed by atoms with Gasteiger partial charge in [0.25, 0.3) is 0 Å². The summed E-state index contributed by atoms with van der Waals surface area (Å²) in [5, 5.41) is 3.42. The third kappa shape index (κ3) is 4.60. The first-order chi connectivity index (χ1) is 15.1. The van der Waals surface area contributed by atoms with E-state index in [1.54, 1.807) is 42.7 Å². The fourth-order valence-electron chi connectivity index (χ4n) is 4.07. The minimum absolute atomic E-state index is 0.0792. The van der Waals surface area contributed by atoms with Gasteiger partial charge < -0.3 is 33.7 Å². The van der Waals surface area contributed by atoms with Crippen LogP contribution in [-0.4, -0.2) is 73.7 Å². The van der Waals surface area contributed by atoms with Gasteiger partial charge in [0.15, 0.2) is 23.0 Å².